The van der Waals surface area contributed by atoms with Gasteiger partial charge in [-0.15, -0.1) is 0 Å². The van der Waals surface area contributed by atoms with Gasteiger partial charge < -0.3 is 15.4 Å². The van der Waals surface area contributed by atoms with Crippen LogP contribution >= 0.6 is 0 Å². The van der Waals surface area contributed by atoms with Crippen LogP contribution in [0.5, 0.6) is 5.75 Å². The van der Waals surface area contributed by atoms with Crippen molar-refractivity contribution in [2.75, 3.05) is 13.7 Å². The number of benzene rings is 1. The minimum atomic E-state index is 0.0189. The largest absolute Gasteiger partial charge is 0.497 e. The van der Waals surface area contributed by atoms with Crippen LogP contribution in [-0.2, 0) is 4.79 Å². The molecule has 18 heavy (non-hydrogen) atoms. The summed E-state index contributed by atoms with van der Waals surface area (Å²) in [5.74, 6) is 0.855. The lowest BCUT2D eigenvalue weighted by Crippen LogP contribution is -2.38. The van der Waals surface area contributed by atoms with Crippen molar-refractivity contribution in [3.05, 3.63) is 29.8 Å². The fraction of sp³-hybridized carbons (Fsp3) is 0.500. The smallest absolute Gasteiger partial charge is 0.234 e. The van der Waals surface area contributed by atoms with E-state index < -0.39 is 0 Å². The molecule has 0 saturated carbocycles. The van der Waals surface area contributed by atoms with Gasteiger partial charge >= 0.3 is 0 Å². The van der Waals surface area contributed by atoms with Gasteiger partial charge in [-0.1, -0.05) is 12.1 Å². The normalized spacial score (nSPS) is 12.3. The van der Waals surface area contributed by atoms with E-state index in [-0.39, 0.29) is 18.0 Å². The maximum absolute atomic E-state index is 11.5. The molecule has 0 heterocycles. The summed E-state index contributed by atoms with van der Waals surface area (Å²) >= 11 is 0. The number of methoxy groups -OCH3 is 1. The van der Waals surface area contributed by atoms with E-state index in [0.29, 0.717) is 6.54 Å². The van der Waals surface area contributed by atoms with Gasteiger partial charge in [0.25, 0.3) is 0 Å². The highest BCUT2D eigenvalue weighted by Crippen LogP contribution is 2.16. The summed E-state index contributed by atoms with van der Waals surface area (Å²) in [4.78, 5) is 11.5. The molecule has 100 valence electrons. The van der Waals surface area contributed by atoms with Crippen molar-refractivity contribution in [2.24, 2.45) is 0 Å². The zero-order valence-electron chi connectivity index (χ0n) is 11.5. The fourth-order valence-corrected chi connectivity index (χ4v) is 1.63. The van der Waals surface area contributed by atoms with Crippen LogP contribution in [0.1, 0.15) is 32.4 Å². The Morgan fingerprint density at radius 1 is 1.22 bits per heavy atom. The first-order valence-electron chi connectivity index (χ1n) is 6.19. The van der Waals surface area contributed by atoms with Crippen LogP contribution in [0.4, 0.5) is 0 Å². The van der Waals surface area contributed by atoms with Crippen molar-refractivity contribution in [3.8, 4) is 5.75 Å². The van der Waals surface area contributed by atoms with E-state index in [1.807, 2.05) is 45.0 Å². The van der Waals surface area contributed by atoms with Crippen molar-refractivity contribution in [1.29, 1.82) is 0 Å². The van der Waals surface area contributed by atoms with Gasteiger partial charge in [0, 0.05) is 12.1 Å². The van der Waals surface area contributed by atoms with E-state index in [9.17, 15) is 4.79 Å². The van der Waals surface area contributed by atoms with Gasteiger partial charge in [0.15, 0.2) is 0 Å². The molecule has 0 radical (unpaired) electrons. The number of carbonyl (C=O) groups excluding carboxylic acids is 1. The second kappa shape index (κ2) is 7.01. The minimum Gasteiger partial charge on any atom is -0.497 e. The molecule has 1 aromatic rings. The van der Waals surface area contributed by atoms with Crippen LogP contribution in [0.2, 0.25) is 0 Å². The molecule has 0 saturated heterocycles. The van der Waals surface area contributed by atoms with Gasteiger partial charge in [-0.05, 0) is 38.5 Å². The molecule has 0 aliphatic heterocycles. The van der Waals surface area contributed by atoms with Gasteiger partial charge in [0.1, 0.15) is 5.75 Å². The Labute approximate surface area is 109 Å². The lowest BCUT2D eigenvalue weighted by molar-refractivity contribution is -0.120. The number of hydrogen-bond donors (Lipinski definition) is 2. The lowest BCUT2D eigenvalue weighted by Gasteiger charge is -2.15. The standard InChI is InChI=1S/C14H22N2O2/c1-10(2)16-14(17)9-15-11(3)12-5-7-13(18-4)8-6-12/h5-8,10-11,15H,9H2,1-4H3,(H,16,17)/t11-/m1/s1. The third-order valence-electron chi connectivity index (χ3n) is 2.63. The zero-order valence-corrected chi connectivity index (χ0v) is 11.5. The highest BCUT2D eigenvalue weighted by atomic mass is 16.5. The summed E-state index contributed by atoms with van der Waals surface area (Å²) in [6.07, 6.45) is 0. The van der Waals surface area contributed by atoms with Crippen molar-refractivity contribution in [1.82, 2.24) is 10.6 Å². The Morgan fingerprint density at radius 2 is 1.83 bits per heavy atom. The molecule has 0 aromatic heterocycles. The van der Waals surface area contributed by atoms with Gasteiger partial charge in [0.2, 0.25) is 5.91 Å². The molecule has 0 aliphatic rings. The number of nitrogens with one attached hydrogen (secondary N) is 2. The highest BCUT2D eigenvalue weighted by molar-refractivity contribution is 5.78. The predicted molar refractivity (Wildman–Crippen MR) is 72.7 cm³/mol. The molecule has 1 rings (SSSR count). The first-order chi connectivity index (χ1) is 8.52. The molecule has 0 spiro atoms. The molecule has 0 fully saturated rings. The third-order valence-corrected chi connectivity index (χ3v) is 2.63. The summed E-state index contributed by atoms with van der Waals surface area (Å²) in [6.45, 7) is 6.26. The van der Waals surface area contributed by atoms with E-state index in [1.165, 1.54) is 0 Å². The first kappa shape index (κ1) is 14.5. The summed E-state index contributed by atoms with van der Waals surface area (Å²) in [7, 11) is 1.65. The molecule has 1 amide bonds. The summed E-state index contributed by atoms with van der Waals surface area (Å²) in [6, 6.07) is 8.14. The average molecular weight is 250 g/mol. The Balaban J connectivity index is 2.44. The molecule has 1 atom stereocenters. The topological polar surface area (TPSA) is 50.4 Å². The molecule has 0 aliphatic carbocycles. The van der Waals surface area contributed by atoms with Crippen molar-refractivity contribution < 1.29 is 9.53 Å². The van der Waals surface area contributed by atoms with E-state index in [1.54, 1.807) is 7.11 Å². The molecular formula is C14H22N2O2. The Morgan fingerprint density at radius 3 is 2.33 bits per heavy atom. The summed E-state index contributed by atoms with van der Waals surface area (Å²) < 4.78 is 5.11. The SMILES string of the molecule is COc1ccc([C@@H](C)NCC(=O)NC(C)C)cc1. The molecule has 2 N–H and O–H groups in total. The van der Waals surface area contributed by atoms with Gasteiger partial charge in [0.05, 0.1) is 13.7 Å². The molecule has 0 bridgehead atoms. The molecule has 0 unspecified atom stereocenters. The zero-order chi connectivity index (χ0) is 13.5. The monoisotopic (exact) mass is 250 g/mol. The van der Waals surface area contributed by atoms with Crippen LogP contribution in [0, 0.1) is 0 Å². The predicted octanol–water partition coefficient (Wildman–Crippen LogP) is 1.87. The van der Waals surface area contributed by atoms with Crippen molar-refractivity contribution in [3.63, 3.8) is 0 Å². The second-order valence-electron chi connectivity index (χ2n) is 4.60. The van der Waals surface area contributed by atoms with Crippen LogP contribution < -0.4 is 15.4 Å². The maximum atomic E-state index is 11.5. The van der Waals surface area contributed by atoms with Gasteiger partial charge in [-0.3, -0.25) is 4.79 Å². The van der Waals surface area contributed by atoms with Gasteiger partial charge in [-0.25, -0.2) is 0 Å². The summed E-state index contributed by atoms with van der Waals surface area (Å²) in [5, 5.41) is 6.04. The fourth-order valence-electron chi connectivity index (χ4n) is 1.63. The lowest BCUT2D eigenvalue weighted by atomic mass is 10.1. The van der Waals surface area contributed by atoms with Gasteiger partial charge in [-0.2, -0.15) is 0 Å². The van der Waals surface area contributed by atoms with Crippen molar-refractivity contribution in [2.45, 2.75) is 32.9 Å². The van der Waals surface area contributed by atoms with Crippen LogP contribution in [0.15, 0.2) is 24.3 Å². The van der Waals surface area contributed by atoms with Crippen LogP contribution in [0.25, 0.3) is 0 Å². The van der Waals surface area contributed by atoms with E-state index in [0.717, 1.165) is 11.3 Å². The van der Waals surface area contributed by atoms with E-state index in [4.69, 9.17) is 4.74 Å². The van der Waals surface area contributed by atoms with Crippen LogP contribution in [0.3, 0.4) is 0 Å². The van der Waals surface area contributed by atoms with E-state index in [2.05, 4.69) is 10.6 Å². The molecule has 4 nitrogen and oxygen atoms in total. The third kappa shape index (κ3) is 4.75. The number of amides is 1. The molecule has 4 heteroatoms. The number of ether oxygens (including phenoxy) is 1. The second-order valence-corrected chi connectivity index (χ2v) is 4.60. The average Bonchev–Trinajstić information content (AvgIpc) is 2.35. The first-order valence-corrected chi connectivity index (χ1v) is 6.19. The highest BCUT2D eigenvalue weighted by Gasteiger charge is 2.08. The number of carbonyl (C=O) groups is 1. The number of rotatable bonds is 6. The Kier molecular flexibility index (Phi) is 5.65. The maximum Gasteiger partial charge on any atom is 0.234 e. The quantitative estimate of drug-likeness (QED) is 0.810. The van der Waals surface area contributed by atoms with Crippen LogP contribution in [-0.4, -0.2) is 25.6 Å². The Hall–Kier alpha value is -1.55. The summed E-state index contributed by atoms with van der Waals surface area (Å²) in [5.41, 5.74) is 1.13. The molecule has 1 aromatic carbocycles. The minimum absolute atomic E-state index is 0.0189. The number of hydrogen-bond acceptors (Lipinski definition) is 3. The van der Waals surface area contributed by atoms with Crippen molar-refractivity contribution >= 4 is 5.91 Å². The molecular weight excluding hydrogens is 228 g/mol. The Bertz CT molecular complexity index is 374. The van der Waals surface area contributed by atoms with E-state index >= 15 is 0 Å².